The molecule has 83 heavy (non-hydrogen) atoms. The Labute approximate surface area is 491 Å². The van der Waals surface area contributed by atoms with Crippen LogP contribution in [0.1, 0.15) is 55.5 Å². The van der Waals surface area contributed by atoms with Gasteiger partial charge in [0.1, 0.15) is 0 Å². The van der Waals surface area contributed by atoms with E-state index in [-0.39, 0.29) is 10.8 Å². The van der Waals surface area contributed by atoms with E-state index in [0.29, 0.717) is 0 Å². The fraction of sp³-hybridized carbons (Fsp3) is 0.0864. The minimum Gasteiger partial charge on any atom is -0.0623 e. The van der Waals surface area contributed by atoms with E-state index in [1.807, 2.05) is 0 Å². The normalized spacial score (nSPS) is 13.8. The van der Waals surface area contributed by atoms with Crippen LogP contribution in [0, 0.1) is 6.92 Å². The summed E-state index contributed by atoms with van der Waals surface area (Å²) in [6.45, 7) is 12.1. The van der Waals surface area contributed by atoms with Crippen LogP contribution in [-0.2, 0) is 10.8 Å². The van der Waals surface area contributed by atoms with E-state index in [1.54, 1.807) is 0 Å². The molecule has 396 valence electrons. The van der Waals surface area contributed by atoms with Gasteiger partial charge < -0.3 is 0 Å². The number of rotatable bonds is 10. The molecule has 0 N–H and O–H groups in total. The number of hydrogen-bond acceptors (Lipinski definition) is 0. The Morgan fingerprint density at radius 1 is 0.229 bits per heavy atom. The summed E-state index contributed by atoms with van der Waals surface area (Å²) >= 11 is 0. The number of aryl methyl sites for hydroxylation is 1. The van der Waals surface area contributed by atoms with Crippen molar-refractivity contribution in [3.63, 3.8) is 0 Å². The molecule has 15 rings (SSSR count). The van der Waals surface area contributed by atoms with E-state index < -0.39 is 16.1 Å². The van der Waals surface area contributed by atoms with Gasteiger partial charge in [-0.05, 0) is 149 Å². The lowest BCUT2D eigenvalue weighted by Gasteiger charge is -2.35. The van der Waals surface area contributed by atoms with Crippen molar-refractivity contribution in [1.29, 1.82) is 0 Å². The number of benzene rings is 13. The van der Waals surface area contributed by atoms with Crippen LogP contribution < -0.4 is 41.5 Å². The second kappa shape index (κ2) is 19.5. The first-order chi connectivity index (χ1) is 40.6. The first kappa shape index (κ1) is 50.8. The quantitative estimate of drug-likeness (QED) is 0.0727. The molecule has 0 nitrogen and oxygen atoms in total. The number of hydrogen-bond donors (Lipinski definition) is 0. The third-order valence-corrected chi connectivity index (χ3v) is 28.8. The smallest absolute Gasteiger partial charge is 0.0623 e. The molecule has 13 aromatic carbocycles. The van der Waals surface area contributed by atoms with Gasteiger partial charge in [0.05, 0.1) is 0 Å². The minimum atomic E-state index is -2.75. The Hall–Kier alpha value is -9.19. The van der Waals surface area contributed by atoms with E-state index >= 15 is 0 Å². The molecule has 2 aliphatic rings. The van der Waals surface area contributed by atoms with Crippen molar-refractivity contribution in [2.75, 3.05) is 0 Å². The van der Waals surface area contributed by atoms with Crippen molar-refractivity contribution >= 4 is 79.2 Å². The van der Waals surface area contributed by atoms with Crippen molar-refractivity contribution in [3.8, 4) is 44.5 Å². The van der Waals surface area contributed by atoms with Crippen molar-refractivity contribution in [2.24, 2.45) is 0 Å². The highest BCUT2D eigenvalue weighted by Gasteiger charge is 2.46. The highest BCUT2D eigenvalue weighted by molar-refractivity contribution is 7.20. The van der Waals surface area contributed by atoms with E-state index in [9.17, 15) is 0 Å². The molecular weight excluding hydrogens is 1030 g/mol. The summed E-state index contributed by atoms with van der Waals surface area (Å²) in [7, 11) is -5.49. The number of fused-ring (bicyclic) bond motifs is 8. The van der Waals surface area contributed by atoms with Crippen LogP contribution in [-0.4, -0.2) is 16.1 Å². The van der Waals surface area contributed by atoms with Gasteiger partial charge in [-0.15, -0.1) is 0 Å². The lowest BCUT2D eigenvalue weighted by Crippen LogP contribution is -2.74. The van der Waals surface area contributed by atoms with Crippen LogP contribution in [0.15, 0.2) is 297 Å². The average Bonchev–Trinajstić information content (AvgIpc) is 2.80. The maximum atomic E-state index is 2.60. The molecule has 2 heteroatoms. The highest BCUT2D eigenvalue weighted by atomic mass is 28.3. The zero-order chi connectivity index (χ0) is 56.1. The Morgan fingerprint density at radius 2 is 0.506 bits per heavy atom. The molecule has 0 unspecified atom stereocenters. The summed E-state index contributed by atoms with van der Waals surface area (Å²) in [4.78, 5) is 0. The van der Waals surface area contributed by atoms with Gasteiger partial charge >= 0.3 is 0 Å². The molecule has 0 saturated heterocycles. The maximum Gasteiger partial charge on any atom is 0.179 e. The summed E-state index contributed by atoms with van der Waals surface area (Å²) < 4.78 is 0. The third-order valence-electron chi connectivity index (χ3n) is 19.2. The van der Waals surface area contributed by atoms with Crippen LogP contribution in [0.2, 0.25) is 0 Å². The van der Waals surface area contributed by atoms with E-state index in [0.717, 1.165) is 0 Å². The predicted octanol–water partition coefficient (Wildman–Crippen LogP) is 15.0. The van der Waals surface area contributed by atoms with Gasteiger partial charge in [-0.1, -0.05) is 318 Å². The van der Waals surface area contributed by atoms with Crippen molar-refractivity contribution < 1.29 is 0 Å². The second-order valence-corrected chi connectivity index (χ2v) is 32.0. The molecule has 0 amide bonds. The lowest BCUT2D eigenvalue weighted by atomic mass is 9.79. The SMILES string of the molecule is Cc1ccc2c(-c3ccc4c(c3)C(C)(C)c3cc([Si](c5ccccc5)(c5ccccc5)c5ccccc5)ccc3-4)c3ccccc3c(-c3ccc4c(c3)C(C)(C)c3cc([Si](c5ccccc5)(c5ccccc5)c5ccccc5)ccc3-4)c2c1. The Bertz CT molecular complexity index is 4450. The van der Waals surface area contributed by atoms with Crippen LogP contribution >= 0.6 is 0 Å². The zero-order valence-electron chi connectivity index (χ0n) is 47.8. The topological polar surface area (TPSA) is 0 Å². The molecule has 13 aromatic rings. The van der Waals surface area contributed by atoms with Crippen molar-refractivity contribution in [2.45, 2.75) is 45.4 Å². The first-order valence-electron chi connectivity index (χ1n) is 29.5. The summed E-state index contributed by atoms with van der Waals surface area (Å²) in [5.41, 5.74) is 16.7. The van der Waals surface area contributed by atoms with Gasteiger partial charge in [-0.2, -0.15) is 0 Å². The van der Waals surface area contributed by atoms with Gasteiger partial charge in [0.2, 0.25) is 0 Å². The maximum absolute atomic E-state index is 2.75. The molecule has 2 aliphatic carbocycles. The van der Waals surface area contributed by atoms with E-state index in [1.165, 1.54) is 135 Å². The third kappa shape index (κ3) is 7.63. The molecular formula is C81H64Si2. The van der Waals surface area contributed by atoms with Gasteiger partial charge in [-0.25, -0.2) is 0 Å². The Morgan fingerprint density at radius 3 is 0.843 bits per heavy atom. The lowest BCUT2D eigenvalue weighted by molar-refractivity contribution is 0.661. The molecule has 0 atom stereocenters. The van der Waals surface area contributed by atoms with Gasteiger partial charge in [-0.3, -0.25) is 0 Å². The van der Waals surface area contributed by atoms with Gasteiger partial charge in [0.15, 0.2) is 16.1 Å². The molecule has 0 radical (unpaired) electrons. The summed E-state index contributed by atoms with van der Waals surface area (Å²) in [6.07, 6.45) is 0. The molecule has 0 spiro atoms. The summed E-state index contributed by atoms with van der Waals surface area (Å²) in [5.74, 6) is 0. The monoisotopic (exact) mass is 1090 g/mol. The molecule has 0 saturated carbocycles. The zero-order valence-corrected chi connectivity index (χ0v) is 49.8. The van der Waals surface area contributed by atoms with Crippen LogP contribution in [0.4, 0.5) is 0 Å². The van der Waals surface area contributed by atoms with Gasteiger partial charge in [0.25, 0.3) is 0 Å². The van der Waals surface area contributed by atoms with Crippen molar-refractivity contribution in [3.05, 3.63) is 325 Å². The summed E-state index contributed by atoms with van der Waals surface area (Å²) in [6, 6.07) is 114. The molecule has 0 fully saturated rings. The fourth-order valence-electron chi connectivity index (χ4n) is 15.3. The van der Waals surface area contributed by atoms with Crippen LogP contribution in [0.5, 0.6) is 0 Å². The molecule has 0 aliphatic heterocycles. The Kier molecular flexibility index (Phi) is 11.9. The predicted molar refractivity (Wildman–Crippen MR) is 359 cm³/mol. The standard InChI is InChI=1S/C81H64Si2/c1-55-40-45-72-73(50-55)79(57-42-47-67-69-49-44-65(54-77(69)81(4,5)75(67)52-57)83(61-32-18-9-19-33-61,62-34-20-10-21-35-62)63-36-22-11-23-37-63)71-39-25-24-38-70(71)78(72)56-41-46-66-68-48-43-64(53-76(68)80(2,3)74(66)51-56)82(58-26-12-6-13-27-58,59-28-14-7-15-29-59)60-30-16-8-17-31-60/h6-54H,1-5H3. The average molecular weight is 1090 g/mol. The Balaban J connectivity index is 0.860. The molecule has 0 aromatic heterocycles. The van der Waals surface area contributed by atoms with Gasteiger partial charge in [0, 0.05) is 10.8 Å². The van der Waals surface area contributed by atoms with E-state index in [2.05, 4.69) is 332 Å². The van der Waals surface area contributed by atoms with Crippen molar-refractivity contribution in [1.82, 2.24) is 0 Å². The second-order valence-electron chi connectivity index (χ2n) is 24.3. The largest absolute Gasteiger partial charge is 0.179 e. The van der Waals surface area contributed by atoms with E-state index in [4.69, 9.17) is 0 Å². The first-order valence-corrected chi connectivity index (χ1v) is 33.5. The minimum absolute atomic E-state index is 0.257. The van der Waals surface area contributed by atoms with Crippen LogP contribution in [0.25, 0.3) is 66.1 Å². The summed E-state index contributed by atoms with van der Waals surface area (Å²) in [5, 5.41) is 16.3. The fourth-order valence-corrected chi connectivity index (χ4v) is 24.8. The molecule has 0 bridgehead atoms. The van der Waals surface area contributed by atoms with Crippen LogP contribution in [0.3, 0.4) is 0 Å². The molecule has 0 heterocycles. The highest BCUT2D eigenvalue weighted by Crippen LogP contribution is 2.53.